The van der Waals surface area contributed by atoms with Gasteiger partial charge in [0.2, 0.25) is 0 Å². The van der Waals surface area contributed by atoms with E-state index in [-0.39, 0.29) is 12.1 Å². The van der Waals surface area contributed by atoms with Crippen molar-refractivity contribution in [3.05, 3.63) is 89.2 Å². The van der Waals surface area contributed by atoms with E-state index in [0.717, 1.165) is 33.5 Å². The average molecular weight is 427 g/mol. The molecule has 0 N–H and O–H groups in total. The molecule has 2 aromatic heterocycles. The lowest BCUT2D eigenvalue weighted by molar-refractivity contribution is -0.137. The van der Waals surface area contributed by atoms with Gasteiger partial charge in [-0.2, -0.15) is 13.2 Å². The zero-order valence-corrected chi connectivity index (χ0v) is 16.7. The van der Waals surface area contributed by atoms with Gasteiger partial charge in [0, 0.05) is 18.0 Å². The van der Waals surface area contributed by atoms with Crippen molar-refractivity contribution in [1.29, 1.82) is 0 Å². The van der Waals surface area contributed by atoms with E-state index in [0.29, 0.717) is 5.13 Å². The van der Waals surface area contributed by atoms with Crippen molar-refractivity contribution in [2.75, 3.05) is 4.90 Å². The molecule has 0 unspecified atom stereocenters. The molecule has 4 rings (SSSR count). The molecule has 1 amide bonds. The number of amides is 1. The molecular weight excluding hydrogens is 411 g/mol. The number of carbonyl (C=O) groups is 1. The van der Waals surface area contributed by atoms with Crippen LogP contribution in [0.15, 0.2) is 67.0 Å². The number of aromatic nitrogens is 2. The van der Waals surface area contributed by atoms with E-state index in [4.69, 9.17) is 0 Å². The fourth-order valence-corrected chi connectivity index (χ4v) is 4.08. The Morgan fingerprint density at radius 1 is 1.10 bits per heavy atom. The van der Waals surface area contributed by atoms with Gasteiger partial charge in [-0.15, -0.1) is 0 Å². The van der Waals surface area contributed by atoms with Crippen LogP contribution in [0.1, 0.15) is 27.0 Å². The van der Waals surface area contributed by atoms with Crippen LogP contribution in [0, 0.1) is 6.92 Å². The van der Waals surface area contributed by atoms with Crippen molar-refractivity contribution >= 4 is 32.6 Å². The lowest BCUT2D eigenvalue weighted by Crippen LogP contribution is -2.30. The maximum absolute atomic E-state index is 13.3. The Kier molecular flexibility index (Phi) is 5.26. The van der Waals surface area contributed by atoms with Gasteiger partial charge in [0.1, 0.15) is 0 Å². The van der Waals surface area contributed by atoms with Gasteiger partial charge in [0.05, 0.1) is 22.3 Å². The number of hydrogen-bond acceptors (Lipinski definition) is 4. The van der Waals surface area contributed by atoms with Gasteiger partial charge in [-0.05, 0) is 54.4 Å². The molecule has 30 heavy (non-hydrogen) atoms. The minimum absolute atomic E-state index is 0.0517. The van der Waals surface area contributed by atoms with Crippen LogP contribution >= 0.6 is 11.3 Å². The lowest BCUT2D eigenvalue weighted by atomic mass is 10.1. The van der Waals surface area contributed by atoms with Gasteiger partial charge >= 0.3 is 6.18 Å². The first-order valence-electron chi connectivity index (χ1n) is 9.06. The summed E-state index contributed by atoms with van der Waals surface area (Å²) in [5, 5.41) is 0.418. The van der Waals surface area contributed by atoms with Gasteiger partial charge in [0.15, 0.2) is 5.13 Å². The first-order valence-corrected chi connectivity index (χ1v) is 9.88. The van der Waals surface area contributed by atoms with Crippen LogP contribution in [0.3, 0.4) is 0 Å². The van der Waals surface area contributed by atoms with Crippen LogP contribution in [-0.2, 0) is 12.7 Å². The maximum atomic E-state index is 13.3. The number of aryl methyl sites for hydroxylation is 1. The van der Waals surface area contributed by atoms with Crippen LogP contribution < -0.4 is 4.90 Å². The molecule has 0 saturated heterocycles. The molecule has 4 nitrogen and oxygen atoms in total. The quantitative estimate of drug-likeness (QED) is 0.409. The third kappa shape index (κ3) is 4.18. The normalized spacial score (nSPS) is 11.6. The second kappa shape index (κ2) is 7.87. The third-order valence-corrected chi connectivity index (χ3v) is 5.55. The fourth-order valence-electron chi connectivity index (χ4n) is 3.02. The van der Waals surface area contributed by atoms with E-state index in [1.807, 2.05) is 25.1 Å². The summed E-state index contributed by atoms with van der Waals surface area (Å²) in [5.74, 6) is -0.555. The number of hydrogen-bond donors (Lipinski definition) is 0. The second-order valence-corrected chi connectivity index (χ2v) is 7.81. The Morgan fingerprint density at radius 2 is 1.93 bits per heavy atom. The Hall–Kier alpha value is -3.26. The van der Waals surface area contributed by atoms with Gasteiger partial charge < -0.3 is 0 Å². The molecule has 0 fully saturated rings. The largest absolute Gasteiger partial charge is 0.416 e. The molecule has 2 heterocycles. The molecule has 0 spiro atoms. The molecule has 0 saturated carbocycles. The molecule has 8 heteroatoms. The number of rotatable bonds is 4. The van der Waals surface area contributed by atoms with Crippen molar-refractivity contribution < 1.29 is 18.0 Å². The molecular formula is C22H16F3N3OS. The van der Waals surface area contributed by atoms with E-state index in [2.05, 4.69) is 9.97 Å². The Balaban J connectivity index is 1.77. The van der Waals surface area contributed by atoms with E-state index in [1.165, 1.54) is 28.4 Å². The molecule has 4 aromatic rings. The summed E-state index contributed by atoms with van der Waals surface area (Å²) < 4.78 is 40.3. The van der Waals surface area contributed by atoms with E-state index >= 15 is 0 Å². The number of carbonyl (C=O) groups excluding carboxylic acids is 1. The number of fused-ring (bicyclic) bond motifs is 1. The molecule has 0 aliphatic heterocycles. The van der Waals surface area contributed by atoms with Crippen LogP contribution in [0.4, 0.5) is 18.3 Å². The topological polar surface area (TPSA) is 46.1 Å². The summed E-state index contributed by atoms with van der Waals surface area (Å²) in [6.45, 7) is 2.10. The van der Waals surface area contributed by atoms with Gasteiger partial charge in [-0.3, -0.25) is 14.7 Å². The summed E-state index contributed by atoms with van der Waals surface area (Å²) in [6.07, 6.45) is -1.30. The molecule has 0 aliphatic carbocycles. The zero-order chi connectivity index (χ0) is 21.3. The Morgan fingerprint density at radius 3 is 2.67 bits per heavy atom. The van der Waals surface area contributed by atoms with E-state index in [9.17, 15) is 18.0 Å². The smallest absolute Gasteiger partial charge is 0.279 e. The lowest BCUT2D eigenvalue weighted by Gasteiger charge is -2.20. The van der Waals surface area contributed by atoms with Crippen LogP contribution in [0.25, 0.3) is 10.2 Å². The summed E-state index contributed by atoms with van der Waals surface area (Å²) in [4.78, 5) is 23.3. The van der Waals surface area contributed by atoms with Crippen LogP contribution in [-0.4, -0.2) is 15.9 Å². The number of thiazole rings is 1. The van der Waals surface area contributed by atoms with E-state index < -0.39 is 17.6 Å². The molecule has 0 aliphatic rings. The molecule has 0 radical (unpaired) electrons. The van der Waals surface area contributed by atoms with E-state index in [1.54, 1.807) is 24.5 Å². The average Bonchev–Trinajstić information content (AvgIpc) is 3.14. The first kappa shape index (κ1) is 20.0. The number of alkyl halides is 3. The zero-order valence-electron chi connectivity index (χ0n) is 15.8. The van der Waals surface area contributed by atoms with Crippen LogP contribution in [0.5, 0.6) is 0 Å². The molecule has 152 valence electrons. The standard InChI is InChI=1S/C22H16F3N3OS/c1-14-7-8-18-19(10-14)30-21(27-18)28(13-15-4-3-9-26-12-15)20(29)16-5-2-6-17(11-16)22(23,24)25/h2-12H,13H2,1H3. The number of anilines is 1. The summed E-state index contributed by atoms with van der Waals surface area (Å²) in [5.41, 5.74) is 1.61. The Bertz CT molecular complexity index is 1210. The molecule has 2 aromatic carbocycles. The molecule has 0 bridgehead atoms. The SMILES string of the molecule is Cc1ccc2nc(N(Cc3cccnc3)C(=O)c3cccc(C(F)(F)F)c3)sc2c1. The highest BCUT2D eigenvalue weighted by molar-refractivity contribution is 7.22. The first-order chi connectivity index (χ1) is 14.3. The second-order valence-electron chi connectivity index (χ2n) is 6.80. The number of pyridine rings is 1. The van der Waals surface area contributed by atoms with Gasteiger partial charge in [0.25, 0.3) is 5.91 Å². The van der Waals surface area contributed by atoms with Crippen LogP contribution in [0.2, 0.25) is 0 Å². The monoisotopic (exact) mass is 427 g/mol. The third-order valence-electron chi connectivity index (χ3n) is 4.51. The van der Waals surface area contributed by atoms with Gasteiger partial charge in [-0.1, -0.05) is 29.5 Å². The minimum atomic E-state index is -4.53. The summed E-state index contributed by atoms with van der Waals surface area (Å²) >= 11 is 1.32. The highest BCUT2D eigenvalue weighted by Gasteiger charge is 2.32. The summed E-state index contributed by atoms with van der Waals surface area (Å²) in [7, 11) is 0. The maximum Gasteiger partial charge on any atom is 0.416 e. The van der Waals surface area contributed by atoms with Crippen molar-refractivity contribution in [2.45, 2.75) is 19.6 Å². The number of halogens is 3. The number of nitrogens with zero attached hydrogens (tertiary/aromatic N) is 3. The summed E-state index contributed by atoms with van der Waals surface area (Å²) in [6, 6.07) is 13.7. The highest BCUT2D eigenvalue weighted by atomic mass is 32.1. The number of benzene rings is 2. The van der Waals surface area contributed by atoms with Crippen molar-refractivity contribution in [3.63, 3.8) is 0 Å². The van der Waals surface area contributed by atoms with Crippen molar-refractivity contribution in [1.82, 2.24) is 9.97 Å². The minimum Gasteiger partial charge on any atom is -0.279 e. The van der Waals surface area contributed by atoms with Crippen molar-refractivity contribution in [2.24, 2.45) is 0 Å². The molecule has 0 atom stereocenters. The highest BCUT2D eigenvalue weighted by Crippen LogP contribution is 2.33. The van der Waals surface area contributed by atoms with Gasteiger partial charge in [-0.25, -0.2) is 4.98 Å². The predicted octanol–water partition coefficient (Wildman–Crippen LogP) is 5.87. The fraction of sp³-hybridized carbons (Fsp3) is 0.136. The van der Waals surface area contributed by atoms with Crippen molar-refractivity contribution in [3.8, 4) is 0 Å². The predicted molar refractivity (Wildman–Crippen MR) is 111 cm³/mol. The Labute approximate surface area is 174 Å².